The molecule has 1 N–H and O–H groups in total. The van der Waals surface area contributed by atoms with Gasteiger partial charge in [-0.05, 0) is 31.8 Å². The van der Waals surface area contributed by atoms with E-state index in [1.807, 2.05) is 0 Å². The van der Waals surface area contributed by atoms with Gasteiger partial charge in [0, 0.05) is 13.7 Å². The minimum atomic E-state index is 0. The van der Waals surface area contributed by atoms with Crippen molar-refractivity contribution < 1.29 is 14.2 Å². The molecule has 0 aliphatic carbocycles. The number of ether oxygens (including phenoxy) is 3. The largest absolute Gasteiger partial charge is 0.382 e. The Kier molecular flexibility index (Phi) is 11.7. The first-order valence-corrected chi connectivity index (χ1v) is 5.78. The summed E-state index contributed by atoms with van der Waals surface area (Å²) in [6, 6.07) is 0. The zero-order valence-corrected chi connectivity index (χ0v) is 10.9. The summed E-state index contributed by atoms with van der Waals surface area (Å²) in [5.74, 6) is 0.741. The lowest BCUT2D eigenvalue weighted by Crippen LogP contribution is -2.30. The van der Waals surface area contributed by atoms with Gasteiger partial charge in [0.05, 0.1) is 26.4 Å². The number of halogens is 1. The van der Waals surface area contributed by atoms with Gasteiger partial charge >= 0.3 is 0 Å². The molecule has 16 heavy (non-hydrogen) atoms. The van der Waals surface area contributed by atoms with E-state index in [4.69, 9.17) is 14.2 Å². The molecule has 0 radical (unpaired) electrons. The quantitative estimate of drug-likeness (QED) is 0.658. The molecule has 1 aliphatic heterocycles. The molecule has 0 amide bonds. The van der Waals surface area contributed by atoms with Crippen LogP contribution in [0.4, 0.5) is 0 Å². The second-order valence-corrected chi connectivity index (χ2v) is 3.87. The number of hydrogen-bond acceptors (Lipinski definition) is 4. The summed E-state index contributed by atoms with van der Waals surface area (Å²) in [6.45, 7) is 5.86. The van der Waals surface area contributed by atoms with Gasteiger partial charge in [-0.15, -0.1) is 12.4 Å². The van der Waals surface area contributed by atoms with Crippen molar-refractivity contribution >= 4 is 12.4 Å². The van der Waals surface area contributed by atoms with Gasteiger partial charge in [0.15, 0.2) is 0 Å². The summed E-state index contributed by atoms with van der Waals surface area (Å²) >= 11 is 0. The normalized spacial score (nSPS) is 17.1. The molecule has 0 atom stereocenters. The second-order valence-electron chi connectivity index (χ2n) is 3.87. The highest BCUT2D eigenvalue weighted by molar-refractivity contribution is 5.85. The molecule has 0 aromatic carbocycles. The molecule has 1 saturated heterocycles. The first kappa shape index (κ1) is 16.1. The Balaban J connectivity index is 0.00000225. The van der Waals surface area contributed by atoms with Crippen LogP contribution in [0, 0.1) is 5.92 Å². The van der Waals surface area contributed by atoms with Gasteiger partial charge in [-0.1, -0.05) is 0 Å². The molecule has 0 aromatic rings. The fourth-order valence-electron chi connectivity index (χ4n) is 1.66. The van der Waals surface area contributed by atoms with Gasteiger partial charge < -0.3 is 19.5 Å². The van der Waals surface area contributed by atoms with E-state index in [1.54, 1.807) is 7.11 Å². The summed E-state index contributed by atoms with van der Waals surface area (Å²) in [4.78, 5) is 0. The van der Waals surface area contributed by atoms with Gasteiger partial charge in [-0.3, -0.25) is 0 Å². The van der Waals surface area contributed by atoms with Crippen LogP contribution in [0.2, 0.25) is 0 Å². The highest BCUT2D eigenvalue weighted by Crippen LogP contribution is 2.11. The van der Waals surface area contributed by atoms with Crippen LogP contribution in [0.3, 0.4) is 0 Å². The summed E-state index contributed by atoms with van der Waals surface area (Å²) in [5, 5.41) is 3.35. The van der Waals surface area contributed by atoms with Crippen molar-refractivity contribution in [3.8, 4) is 0 Å². The van der Waals surface area contributed by atoms with Crippen molar-refractivity contribution in [3.63, 3.8) is 0 Å². The van der Waals surface area contributed by atoms with Crippen molar-refractivity contribution in [2.75, 3.05) is 53.2 Å². The van der Waals surface area contributed by atoms with E-state index in [1.165, 1.54) is 12.8 Å². The average molecular weight is 254 g/mol. The molecule has 1 fully saturated rings. The molecule has 0 saturated carbocycles. The van der Waals surface area contributed by atoms with Gasteiger partial charge in [0.2, 0.25) is 0 Å². The number of piperidine rings is 1. The van der Waals surface area contributed by atoms with Gasteiger partial charge in [-0.2, -0.15) is 0 Å². The molecular weight excluding hydrogens is 230 g/mol. The van der Waals surface area contributed by atoms with Crippen LogP contribution in [0.25, 0.3) is 0 Å². The van der Waals surface area contributed by atoms with Gasteiger partial charge in [0.25, 0.3) is 0 Å². The minimum Gasteiger partial charge on any atom is -0.382 e. The molecule has 0 bridgehead atoms. The van der Waals surface area contributed by atoms with Crippen molar-refractivity contribution in [1.82, 2.24) is 5.32 Å². The third-order valence-electron chi connectivity index (χ3n) is 2.62. The van der Waals surface area contributed by atoms with E-state index < -0.39 is 0 Å². The van der Waals surface area contributed by atoms with Crippen LogP contribution in [0.1, 0.15) is 12.8 Å². The first-order valence-electron chi connectivity index (χ1n) is 5.78. The third kappa shape index (κ3) is 8.30. The summed E-state index contributed by atoms with van der Waals surface area (Å²) in [7, 11) is 1.68. The first-order chi connectivity index (χ1) is 7.43. The number of rotatable bonds is 8. The predicted octanol–water partition coefficient (Wildman–Crippen LogP) is 1.09. The van der Waals surface area contributed by atoms with E-state index in [0.29, 0.717) is 26.4 Å². The Morgan fingerprint density at radius 1 is 1.00 bits per heavy atom. The zero-order chi connectivity index (χ0) is 10.8. The molecule has 1 aliphatic rings. The fraction of sp³-hybridized carbons (Fsp3) is 1.00. The van der Waals surface area contributed by atoms with E-state index in [9.17, 15) is 0 Å². The van der Waals surface area contributed by atoms with Crippen LogP contribution in [0.5, 0.6) is 0 Å². The molecule has 0 spiro atoms. The summed E-state index contributed by atoms with van der Waals surface area (Å²) in [6.07, 6.45) is 2.48. The number of methoxy groups -OCH3 is 1. The topological polar surface area (TPSA) is 39.7 Å². The molecule has 0 aromatic heterocycles. The van der Waals surface area contributed by atoms with Crippen molar-refractivity contribution in [1.29, 1.82) is 0 Å². The highest BCUT2D eigenvalue weighted by atomic mass is 35.5. The summed E-state index contributed by atoms with van der Waals surface area (Å²) in [5.41, 5.74) is 0. The Morgan fingerprint density at radius 2 is 1.62 bits per heavy atom. The van der Waals surface area contributed by atoms with Crippen molar-refractivity contribution in [3.05, 3.63) is 0 Å². The summed E-state index contributed by atoms with van der Waals surface area (Å²) < 4.78 is 15.7. The molecular formula is C11H24ClNO3. The maximum absolute atomic E-state index is 5.56. The van der Waals surface area contributed by atoms with Crippen molar-refractivity contribution in [2.45, 2.75) is 12.8 Å². The predicted molar refractivity (Wildman–Crippen MR) is 66.4 cm³/mol. The molecule has 1 rings (SSSR count). The lowest BCUT2D eigenvalue weighted by molar-refractivity contribution is 0.0126. The standard InChI is InChI=1S/C11H23NO3.ClH/c1-13-6-7-14-8-9-15-10-11-2-4-12-5-3-11;/h11-12H,2-10H2,1H3;1H. The van der Waals surface area contributed by atoms with Gasteiger partial charge in [-0.25, -0.2) is 0 Å². The van der Waals surface area contributed by atoms with E-state index in [2.05, 4.69) is 5.32 Å². The van der Waals surface area contributed by atoms with Crippen molar-refractivity contribution in [2.24, 2.45) is 5.92 Å². The Labute approximate surface area is 104 Å². The Hall–Kier alpha value is 0.130. The maximum atomic E-state index is 5.56. The SMILES string of the molecule is COCCOCCOCC1CCNCC1.Cl. The average Bonchev–Trinajstić information content (AvgIpc) is 2.29. The fourth-order valence-corrected chi connectivity index (χ4v) is 1.66. The molecule has 1 heterocycles. The lowest BCUT2D eigenvalue weighted by Gasteiger charge is -2.22. The Morgan fingerprint density at radius 3 is 2.31 bits per heavy atom. The van der Waals surface area contributed by atoms with Crippen LogP contribution < -0.4 is 5.32 Å². The van der Waals surface area contributed by atoms with E-state index >= 15 is 0 Å². The van der Waals surface area contributed by atoms with Crippen LogP contribution in [0.15, 0.2) is 0 Å². The molecule has 4 nitrogen and oxygen atoms in total. The highest BCUT2D eigenvalue weighted by Gasteiger charge is 2.12. The third-order valence-corrected chi connectivity index (χ3v) is 2.62. The Bertz CT molecular complexity index is 143. The second kappa shape index (κ2) is 11.6. The molecule has 0 unspecified atom stereocenters. The number of nitrogens with one attached hydrogen (secondary N) is 1. The monoisotopic (exact) mass is 253 g/mol. The number of hydrogen-bond donors (Lipinski definition) is 1. The lowest BCUT2D eigenvalue weighted by atomic mass is 9.99. The van der Waals surface area contributed by atoms with Gasteiger partial charge in [0.1, 0.15) is 0 Å². The van der Waals surface area contributed by atoms with E-state index in [-0.39, 0.29) is 12.4 Å². The van der Waals surface area contributed by atoms with Crippen LogP contribution in [-0.4, -0.2) is 53.2 Å². The van der Waals surface area contributed by atoms with Crippen LogP contribution >= 0.6 is 12.4 Å². The van der Waals surface area contributed by atoms with Crippen LogP contribution in [-0.2, 0) is 14.2 Å². The smallest absolute Gasteiger partial charge is 0.0701 e. The minimum absolute atomic E-state index is 0. The maximum Gasteiger partial charge on any atom is 0.0701 e. The van der Waals surface area contributed by atoms with E-state index in [0.717, 1.165) is 25.6 Å². The zero-order valence-electron chi connectivity index (χ0n) is 10.1. The molecule has 5 heteroatoms. The molecule has 98 valence electrons.